The highest BCUT2D eigenvalue weighted by Gasteiger charge is 2.34. The standard InChI is InChI=1S/C32H25N5S/c33-32(16-6-17-32)22-14-12-20(13-15-22)29-28(27-19-21-7-1-4-11-26(21)38-27)36-31-23-8-2-3-9-24(23)35-30-25(37(29)31)10-5-18-34-30/h1-5,7-15,18-19H,6,16-17,33H2,(H,34,35). The molecule has 8 rings (SSSR count). The number of hydrogen-bond donors (Lipinski definition) is 2. The maximum Gasteiger partial charge on any atom is 0.154 e. The van der Waals surface area contributed by atoms with Crippen LogP contribution in [0.5, 0.6) is 0 Å². The number of pyridine rings is 1. The summed E-state index contributed by atoms with van der Waals surface area (Å²) in [6.45, 7) is 0. The molecule has 6 heteroatoms. The van der Waals surface area contributed by atoms with E-state index in [0.717, 1.165) is 63.3 Å². The number of aromatic nitrogens is 3. The maximum atomic E-state index is 6.67. The second-order valence-corrected chi connectivity index (χ2v) is 11.3. The molecule has 0 atom stereocenters. The lowest BCUT2D eigenvalue weighted by Crippen LogP contribution is -2.43. The number of nitrogens with two attached hydrogens (primary N) is 1. The van der Waals surface area contributed by atoms with Crippen LogP contribution in [0.1, 0.15) is 24.8 Å². The largest absolute Gasteiger partial charge is 0.338 e. The van der Waals surface area contributed by atoms with Crippen LogP contribution in [0, 0.1) is 0 Å². The summed E-state index contributed by atoms with van der Waals surface area (Å²) in [5.41, 5.74) is 13.9. The van der Waals surface area contributed by atoms with E-state index in [2.05, 4.69) is 88.7 Å². The van der Waals surface area contributed by atoms with Crippen LogP contribution in [-0.4, -0.2) is 14.5 Å². The summed E-state index contributed by atoms with van der Waals surface area (Å²) >= 11 is 1.78. The lowest BCUT2D eigenvalue weighted by Gasteiger charge is -2.38. The van der Waals surface area contributed by atoms with E-state index in [1.165, 1.54) is 22.1 Å². The number of anilines is 2. The van der Waals surface area contributed by atoms with Crippen molar-refractivity contribution in [2.75, 3.05) is 5.32 Å². The number of nitrogens with one attached hydrogen (secondary N) is 1. The first kappa shape index (κ1) is 21.8. The van der Waals surface area contributed by atoms with Crippen molar-refractivity contribution in [1.82, 2.24) is 14.5 Å². The molecule has 1 aliphatic carbocycles. The normalized spacial score (nSPS) is 15.1. The minimum Gasteiger partial charge on any atom is -0.338 e. The van der Waals surface area contributed by atoms with Crippen molar-refractivity contribution in [3.05, 3.63) is 103 Å². The molecule has 1 aliphatic heterocycles. The molecule has 1 fully saturated rings. The molecule has 4 heterocycles. The third-order valence-corrected chi connectivity index (χ3v) is 9.09. The zero-order chi connectivity index (χ0) is 25.3. The van der Waals surface area contributed by atoms with Gasteiger partial charge in [-0.25, -0.2) is 9.97 Å². The first-order valence-corrected chi connectivity index (χ1v) is 13.8. The van der Waals surface area contributed by atoms with Crippen LogP contribution < -0.4 is 11.1 Å². The van der Waals surface area contributed by atoms with Crippen molar-refractivity contribution in [3.8, 4) is 38.9 Å². The number of para-hydroxylation sites is 1. The predicted molar refractivity (Wildman–Crippen MR) is 156 cm³/mol. The Kier molecular flexibility index (Phi) is 4.66. The fraction of sp³-hybridized carbons (Fsp3) is 0.125. The molecule has 3 aromatic carbocycles. The number of fused-ring (bicyclic) bond motifs is 6. The zero-order valence-corrected chi connectivity index (χ0v) is 21.5. The van der Waals surface area contributed by atoms with Crippen molar-refractivity contribution in [2.24, 2.45) is 5.73 Å². The zero-order valence-electron chi connectivity index (χ0n) is 20.7. The molecule has 0 bridgehead atoms. The number of nitrogens with zero attached hydrogens (tertiary/aromatic N) is 3. The second kappa shape index (κ2) is 8.12. The van der Waals surface area contributed by atoms with Gasteiger partial charge >= 0.3 is 0 Å². The van der Waals surface area contributed by atoms with Crippen LogP contribution in [0.4, 0.5) is 11.5 Å². The Labute approximate surface area is 224 Å². The fourth-order valence-electron chi connectivity index (χ4n) is 5.77. The van der Waals surface area contributed by atoms with Gasteiger partial charge in [-0.15, -0.1) is 11.3 Å². The molecule has 6 aromatic rings. The van der Waals surface area contributed by atoms with Crippen LogP contribution in [-0.2, 0) is 5.54 Å². The lowest BCUT2D eigenvalue weighted by molar-refractivity contribution is 0.253. The van der Waals surface area contributed by atoms with Crippen LogP contribution in [0.2, 0.25) is 0 Å². The molecule has 1 saturated carbocycles. The molecule has 184 valence electrons. The van der Waals surface area contributed by atoms with Gasteiger partial charge in [0.15, 0.2) is 5.82 Å². The molecule has 2 aliphatic rings. The highest BCUT2D eigenvalue weighted by atomic mass is 32.1. The summed E-state index contributed by atoms with van der Waals surface area (Å²) in [5, 5.41) is 4.79. The number of imidazole rings is 1. The second-order valence-electron chi connectivity index (χ2n) is 10.2. The van der Waals surface area contributed by atoms with Gasteiger partial charge in [-0.3, -0.25) is 4.57 Å². The molecular formula is C32H25N5S. The molecule has 0 spiro atoms. The summed E-state index contributed by atoms with van der Waals surface area (Å²) in [6.07, 6.45) is 5.11. The molecular weight excluding hydrogens is 486 g/mol. The molecule has 0 radical (unpaired) electrons. The van der Waals surface area contributed by atoms with Gasteiger partial charge < -0.3 is 11.1 Å². The molecule has 5 nitrogen and oxygen atoms in total. The van der Waals surface area contributed by atoms with Gasteiger partial charge in [0.1, 0.15) is 11.5 Å². The lowest BCUT2D eigenvalue weighted by atomic mass is 9.72. The minimum absolute atomic E-state index is 0.194. The van der Waals surface area contributed by atoms with Crippen LogP contribution >= 0.6 is 11.3 Å². The summed E-state index contributed by atoms with van der Waals surface area (Å²) in [4.78, 5) is 11.2. The van der Waals surface area contributed by atoms with Crippen molar-refractivity contribution < 1.29 is 0 Å². The van der Waals surface area contributed by atoms with Crippen LogP contribution in [0.3, 0.4) is 0 Å². The number of thiophene rings is 1. The van der Waals surface area contributed by atoms with Gasteiger partial charge in [0, 0.05) is 27.6 Å². The highest BCUT2D eigenvalue weighted by Crippen LogP contribution is 2.47. The average Bonchev–Trinajstić information content (AvgIpc) is 3.51. The van der Waals surface area contributed by atoms with E-state index in [1.54, 1.807) is 11.3 Å². The van der Waals surface area contributed by atoms with Crippen LogP contribution in [0.25, 0.3) is 49.0 Å². The smallest absolute Gasteiger partial charge is 0.154 e. The van der Waals surface area contributed by atoms with Gasteiger partial charge in [-0.2, -0.15) is 0 Å². The average molecular weight is 512 g/mol. The van der Waals surface area contributed by atoms with E-state index < -0.39 is 0 Å². The Bertz CT molecular complexity index is 1810. The van der Waals surface area contributed by atoms with Crippen molar-refractivity contribution in [3.63, 3.8) is 0 Å². The summed E-state index contributed by atoms with van der Waals surface area (Å²) in [7, 11) is 0. The van der Waals surface area contributed by atoms with Crippen LogP contribution in [0.15, 0.2) is 97.2 Å². The SMILES string of the molecule is NC1(c2ccc(-c3c(-c4cc5ccccc5s4)nc4n3-c3cccnc3Nc3ccccc3-4)cc2)CCC1. The van der Waals surface area contributed by atoms with Gasteiger partial charge in [-0.1, -0.05) is 54.6 Å². The summed E-state index contributed by atoms with van der Waals surface area (Å²) in [6, 6.07) is 32.1. The maximum absolute atomic E-state index is 6.67. The number of hydrogen-bond acceptors (Lipinski definition) is 5. The van der Waals surface area contributed by atoms with E-state index in [9.17, 15) is 0 Å². The quantitative estimate of drug-likeness (QED) is 0.253. The van der Waals surface area contributed by atoms with Gasteiger partial charge in [0.25, 0.3) is 0 Å². The predicted octanol–water partition coefficient (Wildman–Crippen LogP) is 7.88. The van der Waals surface area contributed by atoms with Crippen molar-refractivity contribution in [2.45, 2.75) is 24.8 Å². The third-order valence-electron chi connectivity index (χ3n) is 7.96. The van der Waals surface area contributed by atoms with Crippen molar-refractivity contribution >= 4 is 32.9 Å². The summed E-state index contributed by atoms with van der Waals surface area (Å²) in [5.74, 6) is 1.72. The van der Waals surface area contributed by atoms with Crippen molar-refractivity contribution in [1.29, 1.82) is 0 Å². The van der Waals surface area contributed by atoms with Gasteiger partial charge in [-0.05, 0) is 66.6 Å². The topological polar surface area (TPSA) is 68.8 Å². The first-order chi connectivity index (χ1) is 18.7. The van der Waals surface area contributed by atoms with Gasteiger partial charge in [0.2, 0.25) is 0 Å². The number of rotatable bonds is 3. The molecule has 0 unspecified atom stereocenters. The van der Waals surface area contributed by atoms with E-state index in [1.807, 2.05) is 18.3 Å². The van der Waals surface area contributed by atoms with Gasteiger partial charge in [0.05, 0.1) is 21.9 Å². The minimum atomic E-state index is -0.194. The number of benzene rings is 3. The van der Waals surface area contributed by atoms with E-state index in [0.29, 0.717) is 0 Å². The molecule has 0 amide bonds. The molecule has 0 saturated heterocycles. The monoisotopic (exact) mass is 511 g/mol. The van der Waals surface area contributed by atoms with E-state index >= 15 is 0 Å². The van der Waals surface area contributed by atoms with E-state index in [4.69, 9.17) is 15.7 Å². The fourth-order valence-corrected chi connectivity index (χ4v) is 6.82. The Morgan fingerprint density at radius 2 is 1.71 bits per heavy atom. The Hall–Kier alpha value is -4.26. The summed E-state index contributed by atoms with van der Waals surface area (Å²) < 4.78 is 3.53. The Morgan fingerprint density at radius 1 is 0.895 bits per heavy atom. The Morgan fingerprint density at radius 3 is 2.53 bits per heavy atom. The third kappa shape index (κ3) is 3.20. The highest BCUT2D eigenvalue weighted by molar-refractivity contribution is 7.22. The molecule has 3 aromatic heterocycles. The molecule has 3 N–H and O–H groups in total. The first-order valence-electron chi connectivity index (χ1n) is 13.0. The molecule has 38 heavy (non-hydrogen) atoms. The van der Waals surface area contributed by atoms with E-state index in [-0.39, 0.29) is 5.54 Å². The Balaban J connectivity index is 1.44.